The Hall–Kier alpha value is -2.16. The van der Waals surface area contributed by atoms with Gasteiger partial charge in [0.25, 0.3) is 0 Å². The zero-order valence-electron chi connectivity index (χ0n) is 12.7. The Bertz CT molecular complexity index is 635. The molecule has 0 saturated carbocycles. The lowest BCUT2D eigenvalue weighted by Gasteiger charge is -2.34. The lowest BCUT2D eigenvalue weighted by molar-refractivity contribution is 0.0916. The van der Waals surface area contributed by atoms with Crippen LogP contribution in [0.15, 0.2) is 48.5 Å². The van der Waals surface area contributed by atoms with Crippen molar-refractivity contribution in [3.63, 3.8) is 0 Å². The molecule has 1 saturated heterocycles. The third-order valence-electron chi connectivity index (χ3n) is 4.47. The number of para-hydroxylation sites is 1. The van der Waals surface area contributed by atoms with Gasteiger partial charge in [0.15, 0.2) is 17.6 Å². The maximum Gasteiger partial charge on any atom is 0.184 e. The molecule has 0 amide bonds. The normalized spacial score (nSPS) is 20.7. The van der Waals surface area contributed by atoms with Gasteiger partial charge in [-0.3, -0.25) is 0 Å². The molecule has 0 N–H and O–H groups in total. The molecule has 2 aromatic rings. The van der Waals surface area contributed by atoms with E-state index in [-0.39, 0.29) is 6.10 Å². The lowest BCUT2D eigenvalue weighted by atomic mass is 10.1. The van der Waals surface area contributed by atoms with Crippen molar-refractivity contribution in [1.82, 2.24) is 0 Å². The van der Waals surface area contributed by atoms with Crippen molar-refractivity contribution in [3.05, 3.63) is 54.1 Å². The van der Waals surface area contributed by atoms with Gasteiger partial charge >= 0.3 is 0 Å². The number of piperidine rings is 1. The van der Waals surface area contributed by atoms with Gasteiger partial charge in [-0.05, 0) is 37.0 Å². The summed E-state index contributed by atoms with van der Waals surface area (Å²) in [5.74, 6) is 1.78. The summed E-state index contributed by atoms with van der Waals surface area (Å²) in [6.45, 7) is 2.80. The Kier molecular flexibility index (Phi) is 3.63. The molecule has 3 heteroatoms. The summed E-state index contributed by atoms with van der Waals surface area (Å²) in [5.41, 5.74) is 2.35. The molecule has 3 nitrogen and oxygen atoms in total. The molecule has 0 bridgehead atoms. The molecule has 1 unspecified atom stereocenters. The van der Waals surface area contributed by atoms with E-state index >= 15 is 0 Å². The van der Waals surface area contributed by atoms with Gasteiger partial charge in [-0.15, -0.1) is 0 Å². The molecule has 1 atom stereocenters. The third kappa shape index (κ3) is 2.52. The van der Waals surface area contributed by atoms with Gasteiger partial charge in [0.1, 0.15) is 6.61 Å². The van der Waals surface area contributed by atoms with Gasteiger partial charge in [0.05, 0.1) is 5.69 Å². The van der Waals surface area contributed by atoms with Crippen LogP contribution >= 0.6 is 0 Å². The van der Waals surface area contributed by atoms with Crippen molar-refractivity contribution in [2.24, 2.45) is 0 Å². The van der Waals surface area contributed by atoms with Crippen molar-refractivity contribution in [2.45, 2.75) is 25.4 Å². The monoisotopic (exact) mass is 295 g/mol. The maximum atomic E-state index is 6.20. The molecule has 0 aromatic heterocycles. The lowest BCUT2D eigenvalue weighted by Crippen LogP contribution is -2.31. The van der Waals surface area contributed by atoms with Gasteiger partial charge in [0.2, 0.25) is 0 Å². The summed E-state index contributed by atoms with van der Waals surface area (Å²) in [6, 6.07) is 16.5. The predicted molar refractivity (Wildman–Crippen MR) is 87.8 cm³/mol. The highest BCUT2D eigenvalue weighted by molar-refractivity contribution is 5.65. The highest BCUT2D eigenvalue weighted by atomic mass is 16.6. The Morgan fingerprint density at radius 3 is 2.50 bits per heavy atom. The predicted octanol–water partition coefficient (Wildman–Crippen LogP) is 4.19. The van der Waals surface area contributed by atoms with Crippen LogP contribution in [0.4, 0.5) is 5.69 Å². The van der Waals surface area contributed by atoms with Crippen LogP contribution in [0.1, 0.15) is 30.9 Å². The number of hydrogen-bond acceptors (Lipinski definition) is 3. The Morgan fingerprint density at radius 1 is 0.864 bits per heavy atom. The zero-order valence-corrected chi connectivity index (χ0v) is 12.7. The van der Waals surface area contributed by atoms with Crippen LogP contribution in [0.5, 0.6) is 11.5 Å². The molecular weight excluding hydrogens is 274 g/mol. The molecule has 0 radical (unpaired) electrons. The van der Waals surface area contributed by atoms with Crippen LogP contribution < -0.4 is 14.4 Å². The second-order valence-corrected chi connectivity index (χ2v) is 5.98. The van der Waals surface area contributed by atoms with Crippen molar-refractivity contribution in [2.75, 3.05) is 24.6 Å². The average Bonchev–Trinajstić information content (AvgIpc) is 2.62. The van der Waals surface area contributed by atoms with Crippen molar-refractivity contribution < 1.29 is 9.47 Å². The number of rotatable bonds is 2. The Balaban J connectivity index is 1.61. The van der Waals surface area contributed by atoms with Gasteiger partial charge in [-0.1, -0.05) is 36.4 Å². The van der Waals surface area contributed by atoms with Crippen LogP contribution in [0.2, 0.25) is 0 Å². The molecule has 1 fully saturated rings. The van der Waals surface area contributed by atoms with Gasteiger partial charge in [-0.2, -0.15) is 0 Å². The molecule has 2 aliphatic heterocycles. The number of fused-ring (bicyclic) bond motifs is 1. The molecule has 22 heavy (non-hydrogen) atoms. The first-order valence-corrected chi connectivity index (χ1v) is 8.14. The second-order valence-electron chi connectivity index (χ2n) is 5.98. The number of ether oxygens (including phenoxy) is 2. The zero-order chi connectivity index (χ0) is 14.8. The number of nitrogens with zero attached hydrogens (tertiary/aromatic N) is 1. The van der Waals surface area contributed by atoms with Crippen molar-refractivity contribution in [3.8, 4) is 11.5 Å². The van der Waals surface area contributed by atoms with Gasteiger partial charge in [-0.25, -0.2) is 0 Å². The van der Waals surface area contributed by atoms with E-state index in [1.165, 1.54) is 24.9 Å². The number of anilines is 1. The van der Waals surface area contributed by atoms with Crippen LogP contribution in [-0.2, 0) is 0 Å². The molecule has 0 spiro atoms. The first-order valence-electron chi connectivity index (χ1n) is 8.14. The Labute approximate surface area is 131 Å². The minimum Gasteiger partial charge on any atom is -0.483 e. The fourth-order valence-corrected chi connectivity index (χ4v) is 3.30. The molecule has 114 valence electrons. The molecule has 2 heterocycles. The summed E-state index contributed by atoms with van der Waals surface area (Å²) in [4.78, 5) is 2.43. The first-order chi connectivity index (χ1) is 10.9. The van der Waals surface area contributed by atoms with E-state index in [9.17, 15) is 0 Å². The van der Waals surface area contributed by atoms with Crippen LogP contribution in [0.25, 0.3) is 0 Å². The summed E-state index contributed by atoms with van der Waals surface area (Å²) >= 11 is 0. The molecule has 0 aliphatic carbocycles. The number of benzene rings is 2. The molecule has 2 aliphatic rings. The highest BCUT2D eigenvalue weighted by Gasteiger charge is 2.26. The van der Waals surface area contributed by atoms with Crippen molar-refractivity contribution >= 4 is 5.69 Å². The van der Waals surface area contributed by atoms with Crippen LogP contribution in [-0.4, -0.2) is 19.7 Å². The topological polar surface area (TPSA) is 21.7 Å². The standard InChI is InChI=1S/C19H21NO2/c1-3-8-15(9-4-1)18-14-21-19-16(10-7-11-17(19)22-18)20-12-5-2-6-13-20/h1,3-4,7-11,18H,2,5-6,12-14H2. The van der Waals surface area contributed by atoms with E-state index in [1.807, 2.05) is 24.3 Å². The summed E-state index contributed by atoms with van der Waals surface area (Å²) < 4.78 is 12.3. The Morgan fingerprint density at radius 2 is 1.68 bits per heavy atom. The largest absolute Gasteiger partial charge is 0.483 e. The van der Waals surface area contributed by atoms with Crippen LogP contribution in [0, 0.1) is 0 Å². The second kappa shape index (κ2) is 5.91. The maximum absolute atomic E-state index is 6.20. The minimum absolute atomic E-state index is 0.0229. The fraction of sp³-hybridized carbons (Fsp3) is 0.368. The van der Waals surface area contributed by atoms with E-state index in [1.54, 1.807) is 0 Å². The highest BCUT2D eigenvalue weighted by Crippen LogP contribution is 2.43. The number of hydrogen-bond donors (Lipinski definition) is 0. The summed E-state index contributed by atoms with van der Waals surface area (Å²) in [7, 11) is 0. The SMILES string of the molecule is c1ccc(C2COc3c(cccc3N3CCCCC3)O2)cc1. The first kappa shape index (κ1) is 13.5. The third-order valence-corrected chi connectivity index (χ3v) is 4.47. The van der Waals surface area contributed by atoms with E-state index in [4.69, 9.17) is 9.47 Å². The smallest absolute Gasteiger partial charge is 0.184 e. The fourth-order valence-electron chi connectivity index (χ4n) is 3.30. The van der Waals surface area contributed by atoms with Gasteiger partial charge < -0.3 is 14.4 Å². The van der Waals surface area contributed by atoms with E-state index in [2.05, 4.69) is 29.2 Å². The average molecular weight is 295 g/mol. The van der Waals surface area contributed by atoms with E-state index in [0.29, 0.717) is 6.61 Å². The van der Waals surface area contributed by atoms with Gasteiger partial charge in [0, 0.05) is 13.1 Å². The summed E-state index contributed by atoms with van der Waals surface area (Å²) in [6.07, 6.45) is 3.83. The summed E-state index contributed by atoms with van der Waals surface area (Å²) in [5, 5.41) is 0. The van der Waals surface area contributed by atoms with E-state index < -0.39 is 0 Å². The van der Waals surface area contributed by atoms with E-state index in [0.717, 1.165) is 30.2 Å². The molecule has 4 rings (SSSR count). The molecular formula is C19H21NO2. The van der Waals surface area contributed by atoms with Crippen LogP contribution in [0.3, 0.4) is 0 Å². The minimum atomic E-state index is -0.0229. The molecule has 2 aromatic carbocycles. The quantitative estimate of drug-likeness (QED) is 0.829. The van der Waals surface area contributed by atoms with Crippen molar-refractivity contribution in [1.29, 1.82) is 0 Å².